The number of hydrogen-bond acceptors (Lipinski definition) is 0. The normalized spacial score (nSPS) is 11.0. The molecule has 0 fully saturated rings. The van der Waals surface area contributed by atoms with E-state index in [4.69, 9.17) is 0 Å². The van der Waals surface area contributed by atoms with Crippen LogP contribution in [-0.4, -0.2) is 4.57 Å². The summed E-state index contributed by atoms with van der Waals surface area (Å²) in [5.41, 5.74) is 5.23. The Labute approximate surface area is 108 Å². The summed E-state index contributed by atoms with van der Waals surface area (Å²) >= 11 is 0. The summed E-state index contributed by atoms with van der Waals surface area (Å²) < 4.78 is 2.38. The maximum absolute atomic E-state index is 2.38. The molecule has 1 nitrogen and oxygen atoms in total. The van der Waals surface area contributed by atoms with Crippen LogP contribution in [0.25, 0.3) is 22.2 Å². The first-order chi connectivity index (χ1) is 8.79. The second-order valence-electron chi connectivity index (χ2n) is 4.70. The van der Waals surface area contributed by atoms with Gasteiger partial charge in [0, 0.05) is 23.1 Å². The molecule has 0 radical (unpaired) electrons. The monoisotopic (exact) mass is 235 g/mol. The van der Waals surface area contributed by atoms with Crippen LogP contribution in [0.3, 0.4) is 0 Å². The average molecular weight is 235 g/mol. The van der Waals surface area contributed by atoms with Crippen molar-refractivity contribution in [2.24, 2.45) is 0 Å². The van der Waals surface area contributed by atoms with Gasteiger partial charge in [0.1, 0.15) is 0 Å². The Morgan fingerprint density at radius 2 is 1.72 bits per heavy atom. The van der Waals surface area contributed by atoms with Crippen molar-refractivity contribution in [2.45, 2.75) is 20.4 Å². The van der Waals surface area contributed by atoms with Gasteiger partial charge in [0.05, 0.1) is 0 Å². The highest BCUT2D eigenvalue weighted by molar-refractivity contribution is 5.87. The molecule has 0 atom stereocenters. The van der Waals surface area contributed by atoms with Crippen LogP contribution in [0.4, 0.5) is 0 Å². The smallest absolute Gasteiger partial charge is 0.0491 e. The third-order valence-corrected chi connectivity index (χ3v) is 3.44. The second-order valence-corrected chi connectivity index (χ2v) is 4.70. The highest BCUT2D eigenvalue weighted by atomic mass is 15.0. The van der Waals surface area contributed by atoms with Gasteiger partial charge in [-0.25, -0.2) is 0 Å². The van der Waals surface area contributed by atoms with Gasteiger partial charge in [0.25, 0.3) is 0 Å². The Balaban J connectivity index is 2.29. The molecule has 3 aromatic rings. The molecule has 1 heteroatoms. The van der Waals surface area contributed by atoms with E-state index in [0.717, 1.165) is 6.54 Å². The second kappa shape index (κ2) is 4.34. The van der Waals surface area contributed by atoms with Gasteiger partial charge in [-0.15, -0.1) is 0 Å². The van der Waals surface area contributed by atoms with Gasteiger partial charge in [0.2, 0.25) is 0 Å². The molecule has 0 saturated carbocycles. The van der Waals surface area contributed by atoms with E-state index >= 15 is 0 Å². The highest BCUT2D eigenvalue weighted by Gasteiger charge is 2.08. The molecule has 1 aromatic heterocycles. The Hall–Kier alpha value is -2.02. The van der Waals surface area contributed by atoms with Gasteiger partial charge in [-0.2, -0.15) is 0 Å². The van der Waals surface area contributed by atoms with Gasteiger partial charge in [0.15, 0.2) is 0 Å². The predicted molar refractivity (Wildman–Crippen MR) is 77.8 cm³/mol. The molecule has 0 aliphatic carbocycles. The lowest BCUT2D eigenvalue weighted by Gasteiger charge is -2.07. The zero-order valence-electron chi connectivity index (χ0n) is 10.9. The number of rotatable bonds is 2. The standard InChI is InChI=1S/C17H17N/c1-3-18-16-10-9-13(2)11-15(16)12-17(18)14-7-5-4-6-8-14/h4-12H,3H2,1-2H3. The van der Waals surface area contributed by atoms with Crippen LogP contribution >= 0.6 is 0 Å². The van der Waals surface area contributed by atoms with Gasteiger partial charge in [-0.05, 0) is 37.6 Å². The van der Waals surface area contributed by atoms with Gasteiger partial charge in [-0.3, -0.25) is 0 Å². The molecule has 0 amide bonds. The van der Waals surface area contributed by atoms with Crippen molar-refractivity contribution in [3.63, 3.8) is 0 Å². The first-order valence-corrected chi connectivity index (χ1v) is 6.45. The summed E-state index contributed by atoms with van der Waals surface area (Å²) in [7, 11) is 0. The molecular formula is C17H17N. The van der Waals surface area contributed by atoms with Crippen molar-refractivity contribution in [1.29, 1.82) is 0 Å². The molecule has 3 rings (SSSR count). The fourth-order valence-corrected chi connectivity index (χ4v) is 2.58. The minimum atomic E-state index is 0.997. The molecule has 1 heterocycles. The first-order valence-electron chi connectivity index (χ1n) is 6.45. The van der Waals surface area contributed by atoms with Crippen molar-refractivity contribution >= 4 is 10.9 Å². The SMILES string of the molecule is CCn1c(-c2ccccc2)cc2cc(C)ccc21. The van der Waals surface area contributed by atoms with Crippen LogP contribution in [0.1, 0.15) is 12.5 Å². The molecule has 0 saturated heterocycles. The zero-order chi connectivity index (χ0) is 12.5. The van der Waals surface area contributed by atoms with Crippen LogP contribution in [0.2, 0.25) is 0 Å². The summed E-state index contributed by atoms with van der Waals surface area (Å²) in [6, 6.07) is 19.6. The van der Waals surface area contributed by atoms with Crippen LogP contribution in [0.15, 0.2) is 54.6 Å². The number of benzene rings is 2. The third-order valence-electron chi connectivity index (χ3n) is 3.44. The zero-order valence-corrected chi connectivity index (χ0v) is 10.9. The summed E-state index contributed by atoms with van der Waals surface area (Å²) in [5, 5.41) is 1.33. The fourth-order valence-electron chi connectivity index (χ4n) is 2.58. The van der Waals surface area contributed by atoms with Crippen molar-refractivity contribution < 1.29 is 0 Å². The molecule has 0 N–H and O–H groups in total. The minimum Gasteiger partial charge on any atom is -0.341 e. The molecule has 0 aliphatic rings. The minimum absolute atomic E-state index is 0.997. The van der Waals surface area contributed by atoms with Crippen molar-refractivity contribution in [3.05, 3.63) is 60.2 Å². The van der Waals surface area contributed by atoms with E-state index in [1.807, 2.05) is 0 Å². The summed E-state index contributed by atoms with van der Waals surface area (Å²) in [5.74, 6) is 0. The van der Waals surface area contributed by atoms with Crippen LogP contribution in [0.5, 0.6) is 0 Å². The molecule has 90 valence electrons. The lowest BCUT2D eigenvalue weighted by atomic mass is 10.1. The van der Waals surface area contributed by atoms with Crippen LogP contribution in [0, 0.1) is 6.92 Å². The molecule has 0 aliphatic heterocycles. The number of hydrogen-bond donors (Lipinski definition) is 0. The van der Waals surface area contributed by atoms with Crippen molar-refractivity contribution in [3.8, 4) is 11.3 Å². The highest BCUT2D eigenvalue weighted by Crippen LogP contribution is 2.28. The van der Waals surface area contributed by atoms with E-state index in [9.17, 15) is 0 Å². The molecule has 0 spiro atoms. The number of fused-ring (bicyclic) bond motifs is 1. The maximum Gasteiger partial charge on any atom is 0.0491 e. The Kier molecular flexibility index (Phi) is 2.67. The lowest BCUT2D eigenvalue weighted by Crippen LogP contribution is -1.96. The summed E-state index contributed by atoms with van der Waals surface area (Å²) in [6.45, 7) is 5.34. The van der Waals surface area contributed by atoms with Gasteiger partial charge < -0.3 is 4.57 Å². The fraction of sp³-hybridized carbons (Fsp3) is 0.176. The van der Waals surface area contributed by atoms with Crippen molar-refractivity contribution in [2.75, 3.05) is 0 Å². The Morgan fingerprint density at radius 3 is 2.44 bits per heavy atom. The van der Waals surface area contributed by atoms with E-state index < -0.39 is 0 Å². The van der Waals surface area contributed by atoms with Crippen LogP contribution < -0.4 is 0 Å². The molecule has 2 aromatic carbocycles. The molecule has 0 unspecified atom stereocenters. The van der Waals surface area contributed by atoms with E-state index in [0.29, 0.717) is 0 Å². The van der Waals surface area contributed by atoms with Crippen LogP contribution in [-0.2, 0) is 6.54 Å². The molecule has 18 heavy (non-hydrogen) atoms. The number of nitrogens with zero attached hydrogens (tertiary/aromatic N) is 1. The van der Waals surface area contributed by atoms with E-state index in [1.165, 1.54) is 27.7 Å². The largest absolute Gasteiger partial charge is 0.341 e. The third kappa shape index (κ3) is 1.72. The number of aromatic nitrogens is 1. The number of aryl methyl sites for hydroxylation is 2. The summed E-state index contributed by atoms with van der Waals surface area (Å²) in [4.78, 5) is 0. The topological polar surface area (TPSA) is 4.93 Å². The average Bonchev–Trinajstić information content (AvgIpc) is 2.77. The van der Waals surface area contributed by atoms with Gasteiger partial charge in [-0.1, -0.05) is 42.0 Å². The molecule has 0 bridgehead atoms. The Morgan fingerprint density at radius 1 is 0.944 bits per heavy atom. The Bertz CT molecular complexity index is 677. The summed E-state index contributed by atoms with van der Waals surface area (Å²) in [6.07, 6.45) is 0. The van der Waals surface area contributed by atoms with Crippen molar-refractivity contribution in [1.82, 2.24) is 4.57 Å². The van der Waals surface area contributed by atoms with Gasteiger partial charge >= 0.3 is 0 Å². The van der Waals surface area contributed by atoms with E-state index in [-0.39, 0.29) is 0 Å². The first kappa shape index (κ1) is 11.1. The molecular weight excluding hydrogens is 218 g/mol. The quantitative estimate of drug-likeness (QED) is 0.610. The maximum atomic E-state index is 2.38. The van der Waals surface area contributed by atoms with E-state index in [2.05, 4.69) is 73.0 Å². The van der Waals surface area contributed by atoms with E-state index in [1.54, 1.807) is 0 Å². The lowest BCUT2D eigenvalue weighted by molar-refractivity contribution is 0.805. The predicted octanol–water partition coefficient (Wildman–Crippen LogP) is 4.64.